The van der Waals surface area contributed by atoms with Gasteiger partial charge in [-0.3, -0.25) is 0 Å². The summed E-state index contributed by atoms with van der Waals surface area (Å²) in [5.74, 6) is 0.643. The molecular formula is C20H23N5O. The van der Waals surface area contributed by atoms with Crippen molar-refractivity contribution in [2.24, 2.45) is 0 Å². The molecule has 26 heavy (non-hydrogen) atoms. The van der Waals surface area contributed by atoms with Gasteiger partial charge in [0.05, 0.1) is 35.4 Å². The molecule has 1 saturated heterocycles. The quantitative estimate of drug-likeness (QED) is 0.780. The summed E-state index contributed by atoms with van der Waals surface area (Å²) in [6, 6.07) is 12.4. The number of hydrogen-bond acceptors (Lipinski definition) is 5. The number of nitrogens with one attached hydrogen (secondary N) is 1. The van der Waals surface area contributed by atoms with E-state index in [0.717, 1.165) is 47.8 Å². The Morgan fingerprint density at radius 3 is 2.77 bits per heavy atom. The zero-order valence-electron chi connectivity index (χ0n) is 15.1. The Kier molecular flexibility index (Phi) is 4.67. The van der Waals surface area contributed by atoms with Crippen LogP contribution in [0.2, 0.25) is 0 Å². The fourth-order valence-electron chi connectivity index (χ4n) is 3.44. The van der Waals surface area contributed by atoms with Crippen LogP contribution in [-0.2, 0) is 4.74 Å². The topological polar surface area (TPSA) is 64.9 Å². The van der Waals surface area contributed by atoms with Gasteiger partial charge in [0.25, 0.3) is 0 Å². The zero-order chi connectivity index (χ0) is 17.9. The van der Waals surface area contributed by atoms with Crippen LogP contribution in [-0.4, -0.2) is 39.0 Å². The number of para-hydroxylation sites is 1. The van der Waals surface area contributed by atoms with Crippen molar-refractivity contribution < 1.29 is 4.74 Å². The van der Waals surface area contributed by atoms with Crippen LogP contribution in [0.4, 0.5) is 5.95 Å². The molecule has 2 aromatic heterocycles. The minimum Gasteiger partial charge on any atom is -0.379 e. The fraction of sp³-hybridized carbons (Fsp3) is 0.350. The van der Waals surface area contributed by atoms with E-state index in [9.17, 15) is 0 Å². The molecule has 1 fully saturated rings. The van der Waals surface area contributed by atoms with Crippen molar-refractivity contribution >= 4 is 5.95 Å². The predicted molar refractivity (Wildman–Crippen MR) is 102 cm³/mol. The van der Waals surface area contributed by atoms with E-state index in [1.807, 2.05) is 35.9 Å². The molecule has 0 saturated carbocycles. The van der Waals surface area contributed by atoms with Crippen LogP contribution < -0.4 is 5.32 Å². The molecule has 1 unspecified atom stereocenters. The average molecular weight is 349 g/mol. The summed E-state index contributed by atoms with van der Waals surface area (Å²) in [4.78, 5) is 9.11. The fourth-order valence-corrected chi connectivity index (χ4v) is 3.44. The van der Waals surface area contributed by atoms with E-state index in [4.69, 9.17) is 14.8 Å². The monoisotopic (exact) mass is 349 g/mol. The third kappa shape index (κ3) is 3.32. The van der Waals surface area contributed by atoms with Gasteiger partial charge in [-0.05, 0) is 44.9 Å². The number of nitrogens with zero attached hydrogens (tertiary/aromatic N) is 4. The Morgan fingerprint density at radius 2 is 2.00 bits per heavy atom. The van der Waals surface area contributed by atoms with Crippen molar-refractivity contribution in [3.05, 3.63) is 54.0 Å². The molecule has 1 aliphatic heterocycles. The number of hydrogen-bond donors (Lipinski definition) is 1. The Morgan fingerprint density at radius 1 is 1.15 bits per heavy atom. The van der Waals surface area contributed by atoms with Gasteiger partial charge in [-0.2, -0.15) is 5.10 Å². The van der Waals surface area contributed by atoms with Crippen LogP contribution in [0, 0.1) is 13.8 Å². The summed E-state index contributed by atoms with van der Waals surface area (Å²) in [6.07, 6.45) is 3.95. The summed E-state index contributed by atoms with van der Waals surface area (Å²) >= 11 is 0. The minimum atomic E-state index is 0.272. The van der Waals surface area contributed by atoms with E-state index in [-0.39, 0.29) is 6.04 Å². The number of anilines is 1. The lowest BCUT2D eigenvalue weighted by Gasteiger charge is -2.23. The lowest BCUT2D eigenvalue weighted by molar-refractivity contribution is 0.0874. The van der Waals surface area contributed by atoms with Crippen molar-refractivity contribution in [1.82, 2.24) is 19.7 Å². The molecule has 1 aromatic carbocycles. The lowest BCUT2D eigenvalue weighted by Crippen LogP contribution is -2.30. The van der Waals surface area contributed by atoms with Crippen LogP contribution >= 0.6 is 0 Å². The van der Waals surface area contributed by atoms with Crippen LogP contribution in [0.5, 0.6) is 0 Å². The minimum absolute atomic E-state index is 0.272. The van der Waals surface area contributed by atoms with E-state index < -0.39 is 0 Å². The smallest absolute Gasteiger partial charge is 0.223 e. The molecule has 0 bridgehead atoms. The van der Waals surface area contributed by atoms with Gasteiger partial charge in [0, 0.05) is 18.4 Å². The second-order valence-electron chi connectivity index (χ2n) is 6.62. The number of rotatable bonds is 4. The molecule has 1 N–H and O–H groups in total. The molecule has 0 aliphatic carbocycles. The van der Waals surface area contributed by atoms with E-state index in [2.05, 4.69) is 29.4 Å². The van der Waals surface area contributed by atoms with Crippen LogP contribution in [0.15, 0.2) is 42.6 Å². The average Bonchev–Trinajstić information content (AvgIpc) is 2.98. The molecule has 1 aliphatic rings. The summed E-state index contributed by atoms with van der Waals surface area (Å²) < 4.78 is 7.50. The third-order valence-corrected chi connectivity index (χ3v) is 4.70. The van der Waals surface area contributed by atoms with Crippen LogP contribution in [0.1, 0.15) is 24.2 Å². The largest absolute Gasteiger partial charge is 0.379 e. The molecule has 0 radical (unpaired) electrons. The van der Waals surface area contributed by atoms with Crippen LogP contribution in [0.3, 0.4) is 0 Å². The Hall–Kier alpha value is -2.73. The first-order chi connectivity index (χ1) is 12.7. The van der Waals surface area contributed by atoms with Crippen molar-refractivity contribution in [3.63, 3.8) is 0 Å². The second-order valence-corrected chi connectivity index (χ2v) is 6.62. The maximum absolute atomic E-state index is 5.53. The maximum atomic E-state index is 5.53. The molecule has 1 atom stereocenters. The van der Waals surface area contributed by atoms with E-state index in [1.54, 1.807) is 6.20 Å². The first-order valence-electron chi connectivity index (χ1n) is 9.02. The van der Waals surface area contributed by atoms with Gasteiger partial charge in [-0.1, -0.05) is 18.2 Å². The Labute approximate surface area is 153 Å². The number of benzene rings is 1. The molecule has 0 amide bonds. The zero-order valence-corrected chi connectivity index (χ0v) is 15.1. The standard InChI is InChI=1S/C20H23N5O/c1-14-19(15(2)25(24-14)17-8-4-3-5-9-17)18-10-11-21-20(23-18)22-16-7-6-12-26-13-16/h3-5,8-11,16H,6-7,12-13H2,1-2H3,(H,21,22,23). The van der Waals surface area contributed by atoms with Crippen molar-refractivity contribution in [3.8, 4) is 16.9 Å². The number of ether oxygens (including phenoxy) is 1. The molecule has 6 heteroatoms. The number of aryl methyl sites for hydroxylation is 1. The van der Waals surface area contributed by atoms with Crippen LogP contribution in [0.25, 0.3) is 16.9 Å². The molecule has 0 spiro atoms. The summed E-state index contributed by atoms with van der Waals surface area (Å²) in [6.45, 7) is 5.65. The summed E-state index contributed by atoms with van der Waals surface area (Å²) in [5.41, 5.74) is 5.01. The molecule has 6 nitrogen and oxygen atoms in total. The predicted octanol–water partition coefficient (Wildman–Crippen LogP) is 3.54. The van der Waals surface area contributed by atoms with Crippen molar-refractivity contribution in [1.29, 1.82) is 0 Å². The molecule has 3 aromatic rings. The molecule has 4 rings (SSSR count). The second kappa shape index (κ2) is 7.25. The first-order valence-corrected chi connectivity index (χ1v) is 9.02. The van der Waals surface area contributed by atoms with E-state index in [0.29, 0.717) is 12.6 Å². The van der Waals surface area contributed by atoms with Gasteiger partial charge in [-0.15, -0.1) is 0 Å². The lowest BCUT2D eigenvalue weighted by atomic mass is 10.1. The summed E-state index contributed by atoms with van der Waals surface area (Å²) in [5, 5.41) is 8.11. The van der Waals surface area contributed by atoms with Gasteiger partial charge in [0.1, 0.15) is 0 Å². The highest BCUT2D eigenvalue weighted by molar-refractivity contribution is 5.66. The molecule has 134 valence electrons. The van der Waals surface area contributed by atoms with Gasteiger partial charge >= 0.3 is 0 Å². The maximum Gasteiger partial charge on any atom is 0.223 e. The Bertz CT molecular complexity index is 884. The highest BCUT2D eigenvalue weighted by Gasteiger charge is 2.18. The van der Waals surface area contributed by atoms with E-state index >= 15 is 0 Å². The van der Waals surface area contributed by atoms with Gasteiger partial charge < -0.3 is 10.1 Å². The van der Waals surface area contributed by atoms with E-state index in [1.165, 1.54) is 0 Å². The Balaban J connectivity index is 1.65. The SMILES string of the molecule is Cc1nn(-c2ccccc2)c(C)c1-c1ccnc(NC2CCCOC2)n1. The molecule has 3 heterocycles. The first kappa shape index (κ1) is 16.7. The normalized spacial score (nSPS) is 17.2. The highest BCUT2D eigenvalue weighted by atomic mass is 16.5. The van der Waals surface area contributed by atoms with Gasteiger partial charge in [-0.25, -0.2) is 14.6 Å². The van der Waals surface area contributed by atoms with Crippen molar-refractivity contribution in [2.45, 2.75) is 32.7 Å². The van der Waals surface area contributed by atoms with Gasteiger partial charge in [0.15, 0.2) is 0 Å². The highest BCUT2D eigenvalue weighted by Crippen LogP contribution is 2.27. The van der Waals surface area contributed by atoms with Crippen molar-refractivity contribution in [2.75, 3.05) is 18.5 Å². The van der Waals surface area contributed by atoms with Gasteiger partial charge in [0.2, 0.25) is 5.95 Å². The third-order valence-electron chi connectivity index (χ3n) is 4.70. The number of aromatic nitrogens is 4. The summed E-state index contributed by atoms with van der Waals surface area (Å²) in [7, 11) is 0. The molecular weight excluding hydrogens is 326 g/mol.